The minimum Gasteiger partial charge on any atom is -0.337 e. The standard InChI is InChI=1S/C17H27N3O3S/c1-13-11-15(12-16(14(13)2)24(22,23)18(3)4)17(21)20-8-6-7-19(5)9-10-20/h11-12H,6-10H2,1-5H3. The second kappa shape index (κ2) is 7.21. The van der Waals surface area contributed by atoms with E-state index in [0.717, 1.165) is 25.1 Å². The third kappa shape index (κ3) is 3.79. The van der Waals surface area contributed by atoms with Gasteiger partial charge in [0.1, 0.15) is 0 Å². The SMILES string of the molecule is Cc1cc(C(=O)N2CCCN(C)CC2)cc(S(=O)(=O)N(C)C)c1C. The van der Waals surface area contributed by atoms with Crippen molar-refractivity contribution >= 4 is 15.9 Å². The molecule has 0 atom stereocenters. The van der Waals surface area contributed by atoms with Crippen molar-refractivity contribution in [3.8, 4) is 0 Å². The Morgan fingerprint density at radius 3 is 2.38 bits per heavy atom. The van der Waals surface area contributed by atoms with Crippen LogP contribution in [0.4, 0.5) is 0 Å². The third-order valence-electron chi connectivity index (χ3n) is 4.63. The zero-order valence-electron chi connectivity index (χ0n) is 15.2. The Labute approximate surface area is 145 Å². The fourth-order valence-corrected chi connectivity index (χ4v) is 4.06. The number of hydrogen-bond donors (Lipinski definition) is 0. The molecule has 1 saturated heterocycles. The van der Waals surface area contributed by atoms with E-state index in [0.29, 0.717) is 24.2 Å². The average molecular weight is 353 g/mol. The minimum absolute atomic E-state index is 0.0939. The maximum absolute atomic E-state index is 12.9. The summed E-state index contributed by atoms with van der Waals surface area (Å²) in [7, 11) is 1.48. The number of hydrogen-bond acceptors (Lipinski definition) is 4. The molecule has 0 bridgehead atoms. The topological polar surface area (TPSA) is 60.9 Å². The second-order valence-corrected chi connectivity index (χ2v) is 8.77. The highest BCUT2D eigenvalue weighted by Crippen LogP contribution is 2.24. The Morgan fingerprint density at radius 2 is 1.75 bits per heavy atom. The number of carbonyl (C=O) groups excluding carboxylic acids is 1. The molecule has 134 valence electrons. The molecule has 1 aliphatic rings. The quantitative estimate of drug-likeness (QED) is 0.823. The molecule has 1 aromatic rings. The van der Waals surface area contributed by atoms with Crippen molar-refractivity contribution in [1.82, 2.24) is 14.1 Å². The van der Waals surface area contributed by atoms with Gasteiger partial charge in [-0.15, -0.1) is 0 Å². The molecule has 6 nitrogen and oxygen atoms in total. The van der Waals surface area contributed by atoms with Crippen LogP contribution in [0.15, 0.2) is 17.0 Å². The number of likely N-dealkylation sites (N-methyl/N-ethyl adjacent to an activating group) is 1. The number of aryl methyl sites for hydroxylation is 1. The second-order valence-electron chi connectivity index (χ2n) is 6.65. The number of sulfonamides is 1. The predicted molar refractivity (Wildman–Crippen MR) is 94.8 cm³/mol. The Balaban J connectivity index is 2.41. The van der Waals surface area contributed by atoms with Crippen LogP contribution in [-0.4, -0.2) is 75.8 Å². The molecule has 1 heterocycles. The van der Waals surface area contributed by atoms with Crippen LogP contribution in [-0.2, 0) is 10.0 Å². The molecule has 1 aliphatic heterocycles. The smallest absolute Gasteiger partial charge is 0.253 e. The van der Waals surface area contributed by atoms with Crippen LogP contribution in [0.5, 0.6) is 0 Å². The van der Waals surface area contributed by atoms with E-state index in [2.05, 4.69) is 4.90 Å². The summed E-state index contributed by atoms with van der Waals surface area (Å²) in [6.45, 7) is 6.79. The summed E-state index contributed by atoms with van der Waals surface area (Å²) in [5.41, 5.74) is 1.95. The van der Waals surface area contributed by atoms with Gasteiger partial charge in [0.2, 0.25) is 10.0 Å². The molecular weight excluding hydrogens is 326 g/mol. The summed E-state index contributed by atoms with van der Waals surface area (Å²) >= 11 is 0. The highest BCUT2D eigenvalue weighted by Gasteiger charge is 2.25. The van der Waals surface area contributed by atoms with Crippen LogP contribution >= 0.6 is 0 Å². The zero-order valence-corrected chi connectivity index (χ0v) is 16.0. The van der Waals surface area contributed by atoms with E-state index in [4.69, 9.17) is 0 Å². The van der Waals surface area contributed by atoms with Crippen LogP contribution < -0.4 is 0 Å². The van der Waals surface area contributed by atoms with Crippen molar-refractivity contribution in [3.05, 3.63) is 28.8 Å². The summed E-state index contributed by atoms with van der Waals surface area (Å²) in [5, 5.41) is 0. The average Bonchev–Trinajstić information content (AvgIpc) is 2.73. The van der Waals surface area contributed by atoms with E-state index in [1.165, 1.54) is 24.5 Å². The Bertz CT molecular complexity index is 729. The van der Waals surface area contributed by atoms with E-state index in [1.807, 2.05) is 18.9 Å². The zero-order chi connectivity index (χ0) is 18.1. The lowest BCUT2D eigenvalue weighted by Gasteiger charge is -2.22. The molecule has 1 aromatic carbocycles. The molecule has 0 spiro atoms. The summed E-state index contributed by atoms with van der Waals surface area (Å²) in [6.07, 6.45) is 0.927. The Kier molecular flexibility index (Phi) is 5.67. The van der Waals surface area contributed by atoms with Gasteiger partial charge in [0.15, 0.2) is 0 Å². The van der Waals surface area contributed by atoms with Gasteiger partial charge in [-0.3, -0.25) is 4.79 Å². The maximum Gasteiger partial charge on any atom is 0.253 e. The first kappa shape index (κ1) is 18.9. The lowest BCUT2D eigenvalue weighted by atomic mass is 10.1. The number of rotatable bonds is 3. The molecular formula is C17H27N3O3S. The number of amides is 1. The minimum atomic E-state index is -3.58. The fraction of sp³-hybridized carbons (Fsp3) is 0.588. The summed E-state index contributed by atoms with van der Waals surface area (Å²) < 4.78 is 26.3. The molecule has 2 rings (SSSR count). The number of benzene rings is 1. The maximum atomic E-state index is 12.9. The van der Waals surface area contributed by atoms with Crippen LogP contribution in [0.3, 0.4) is 0 Å². The summed E-state index contributed by atoms with van der Waals surface area (Å²) in [4.78, 5) is 17.1. The molecule has 0 saturated carbocycles. The normalized spacial score (nSPS) is 17.2. The van der Waals surface area contributed by atoms with Gasteiger partial charge in [-0.1, -0.05) is 0 Å². The first-order valence-corrected chi connectivity index (χ1v) is 9.60. The number of nitrogens with zero attached hydrogens (tertiary/aromatic N) is 3. The molecule has 1 fully saturated rings. The molecule has 7 heteroatoms. The first-order valence-electron chi connectivity index (χ1n) is 8.16. The van der Waals surface area contributed by atoms with Crippen molar-refractivity contribution < 1.29 is 13.2 Å². The molecule has 0 aliphatic carbocycles. The van der Waals surface area contributed by atoms with Crippen LogP contribution in [0.25, 0.3) is 0 Å². The number of carbonyl (C=O) groups is 1. The third-order valence-corrected chi connectivity index (χ3v) is 6.57. The monoisotopic (exact) mass is 353 g/mol. The molecule has 0 aromatic heterocycles. The lowest BCUT2D eigenvalue weighted by molar-refractivity contribution is 0.0762. The van der Waals surface area contributed by atoms with Crippen molar-refractivity contribution in [2.45, 2.75) is 25.2 Å². The van der Waals surface area contributed by atoms with Crippen LogP contribution in [0.1, 0.15) is 27.9 Å². The van der Waals surface area contributed by atoms with E-state index in [1.54, 1.807) is 13.0 Å². The largest absolute Gasteiger partial charge is 0.337 e. The highest BCUT2D eigenvalue weighted by molar-refractivity contribution is 7.89. The van der Waals surface area contributed by atoms with Crippen molar-refractivity contribution in [3.63, 3.8) is 0 Å². The van der Waals surface area contributed by atoms with Gasteiger partial charge in [0.25, 0.3) is 5.91 Å². The molecule has 1 amide bonds. The van der Waals surface area contributed by atoms with Gasteiger partial charge in [-0.25, -0.2) is 12.7 Å². The van der Waals surface area contributed by atoms with Gasteiger partial charge < -0.3 is 9.80 Å². The lowest BCUT2D eigenvalue weighted by Crippen LogP contribution is -2.34. The van der Waals surface area contributed by atoms with Crippen molar-refractivity contribution in [1.29, 1.82) is 0 Å². The van der Waals surface area contributed by atoms with Crippen molar-refractivity contribution in [2.24, 2.45) is 0 Å². The summed E-state index contributed by atoms with van der Waals surface area (Å²) in [6, 6.07) is 3.32. The summed E-state index contributed by atoms with van der Waals surface area (Å²) in [5.74, 6) is -0.0939. The van der Waals surface area contributed by atoms with Gasteiger partial charge in [-0.05, 0) is 57.1 Å². The van der Waals surface area contributed by atoms with E-state index in [-0.39, 0.29) is 10.8 Å². The van der Waals surface area contributed by atoms with Gasteiger partial charge in [-0.2, -0.15) is 0 Å². The Morgan fingerprint density at radius 1 is 1.08 bits per heavy atom. The van der Waals surface area contributed by atoms with E-state index >= 15 is 0 Å². The first-order chi connectivity index (χ1) is 11.1. The molecule has 0 radical (unpaired) electrons. The van der Waals surface area contributed by atoms with Crippen molar-refractivity contribution in [2.75, 3.05) is 47.3 Å². The van der Waals surface area contributed by atoms with Gasteiger partial charge in [0.05, 0.1) is 4.90 Å². The molecule has 24 heavy (non-hydrogen) atoms. The highest BCUT2D eigenvalue weighted by atomic mass is 32.2. The Hall–Kier alpha value is -1.44. The van der Waals surface area contributed by atoms with Crippen LogP contribution in [0, 0.1) is 13.8 Å². The molecule has 0 unspecified atom stereocenters. The van der Waals surface area contributed by atoms with Gasteiger partial charge in [0, 0.05) is 39.3 Å². The molecule has 0 N–H and O–H groups in total. The van der Waals surface area contributed by atoms with Gasteiger partial charge >= 0.3 is 0 Å². The fourth-order valence-electron chi connectivity index (χ4n) is 2.85. The van der Waals surface area contributed by atoms with E-state index < -0.39 is 10.0 Å². The predicted octanol–water partition coefficient (Wildman–Crippen LogP) is 1.33. The van der Waals surface area contributed by atoms with Crippen LogP contribution in [0.2, 0.25) is 0 Å². The van der Waals surface area contributed by atoms with E-state index in [9.17, 15) is 13.2 Å².